The number of anilines is 1. The van der Waals surface area contributed by atoms with Gasteiger partial charge in [-0.1, -0.05) is 0 Å². The summed E-state index contributed by atoms with van der Waals surface area (Å²) in [5.74, 6) is -1.05. The van der Waals surface area contributed by atoms with Crippen LogP contribution >= 0.6 is 11.3 Å². The monoisotopic (exact) mass is 274 g/mol. The molecule has 0 aliphatic rings. The molecule has 0 aliphatic carbocycles. The van der Waals surface area contributed by atoms with Gasteiger partial charge in [0.25, 0.3) is 0 Å². The molecule has 0 aliphatic heterocycles. The Morgan fingerprint density at radius 1 is 1.63 bits per heavy atom. The van der Waals surface area contributed by atoms with E-state index in [0.29, 0.717) is 16.4 Å². The van der Waals surface area contributed by atoms with Gasteiger partial charge in [0.05, 0.1) is 11.7 Å². The fraction of sp³-hybridized carbons (Fsp3) is 0.167. The van der Waals surface area contributed by atoms with Crippen LogP contribution in [0.15, 0.2) is 23.7 Å². The second-order valence-electron chi connectivity index (χ2n) is 3.75. The number of carbonyl (C=O) groups is 1. The third-order valence-electron chi connectivity index (χ3n) is 2.40. The summed E-state index contributed by atoms with van der Waals surface area (Å²) in [6.45, 7) is 1.85. The molecule has 2 heterocycles. The van der Waals surface area contributed by atoms with Crippen LogP contribution in [0.2, 0.25) is 0 Å². The molecule has 7 heteroatoms. The standard InChI is InChI=1S/C12H10N4O2S/c1-7(11-16-10(6-19-11)12(17)18)15-8-3-2-4-14-9(8)5-13/h2-4,6-7,15H,1H3,(H,17,18). The van der Waals surface area contributed by atoms with Crippen molar-refractivity contribution in [2.75, 3.05) is 5.32 Å². The molecule has 0 radical (unpaired) electrons. The molecule has 96 valence electrons. The van der Waals surface area contributed by atoms with Gasteiger partial charge in [0.2, 0.25) is 0 Å². The van der Waals surface area contributed by atoms with Crippen LogP contribution in [0.25, 0.3) is 0 Å². The van der Waals surface area contributed by atoms with E-state index in [4.69, 9.17) is 10.4 Å². The number of carboxylic acids is 1. The number of pyridine rings is 1. The minimum absolute atomic E-state index is 0.0281. The second-order valence-corrected chi connectivity index (χ2v) is 4.64. The number of thiazole rings is 1. The molecule has 0 bridgehead atoms. The highest BCUT2D eigenvalue weighted by atomic mass is 32.1. The van der Waals surface area contributed by atoms with Crippen molar-refractivity contribution in [1.29, 1.82) is 5.26 Å². The number of aromatic carboxylic acids is 1. The van der Waals surface area contributed by atoms with Crippen LogP contribution in [0.4, 0.5) is 5.69 Å². The molecule has 0 spiro atoms. The van der Waals surface area contributed by atoms with E-state index in [1.165, 1.54) is 16.7 Å². The molecular formula is C12H10N4O2S. The largest absolute Gasteiger partial charge is 0.476 e. The maximum atomic E-state index is 10.8. The number of nitriles is 1. The summed E-state index contributed by atoms with van der Waals surface area (Å²) in [7, 11) is 0. The van der Waals surface area contributed by atoms with Crippen molar-refractivity contribution in [2.45, 2.75) is 13.0 Å². The van der Waals surface area contributed by atoms with Crippen LogP contribution in [0.3, 0.4) is 0 Å². The van der Waals surface area contributed by atoms with E-state index in [1.807, 2.05) is 13.0 Å². The maximum Gasteiger partial charge on any atom is 0.355 e. The zero-order chi connectivity index (χ0) is 13.8. The molecule has 0 aromatic carbocycles. The van der Waals surface area contributed by atoms with Gasteiger partial charge in [-0.2, -0.15) is 5.26 Å². The van der Waals surface area contributed by atoms with Crippen molar-refractivity contribution in [3.05, 3.63) is 40.1 Å². The van der Waals surface area contributed by atoms with Crippen molar-refractivity contribution in [2.24, 2.45) is 0 Å². The van der Waals surface area contributed by atoms with E-state index >= 15 is 0 Å². The lowest BCUT2D eigenvalue weighted by Gasteiger charge is -2.12. The fourth-order valence-electron chi connectivity index (χ4n) is 1.49. The second kappa shape index (κ2) is 5.46. The van der Waals surface area contributed by atoms with Gasteiger partial charge in [-0.05, 0) is 19.1 Å². The summed E-state index contributed by atoms with van der Waals surface area (Å²) in [6, 6.07) is 5.26. The number of hydrogen-bond donors (Lipinski definition) is 2. The highest BCUT2D eigenvalue weighted by Gasteiger charge is 2.15. The minimum Gasteiger partial charge on any atom is -0.476 e. The lowest BCUT2D eigenvalue weighted by molar-refractivity contribution is 0.0691. The Morgan fingerprint density at radius 2 is 2.42 bits per heavy atom. The van der Waals surface area contributed by atoms with E-state index < -0.39 is 5.97 Å². The van der Waals surface area contributed by atoms with Gasteiger partial charge in [-0.3, -0.25) is 0 Å². The topological polar surface area (TPSA) is 98.9 Å². The first-order chi connectivity index (χ1) is 9.11. The highest BCUT2D eigenvalue weighted by molar-refractivity contribution is 7.09. The minimum atomic E-state index is -1.05. The molecule has 2 N–H and O–H groups in total. The quantitative estimate of drug-likeness (QED) is 0.887. The Labute approximate surface area is 113 Å². The van der Waals surface area contributed by atoms with E-state index in [-0.39, 0.29) is 11.7 Å². The molecule has 1 atom stereocenters. The first kappa shape index (κ1) is 13.0. The number of carboxylic acid groups (broad SMARTS) is 1. The molecular weight excluding hydrogens is 264 g/mol. The molecule has 2 rings (SSSR count). The van der Waals surface area contributed by atoms with Crippen LogP contribution in [0.1, 0.15) is 34.2 Å². The van der Waals surface area contributed by atoms with E-state index in [9.17, 15) is 4.79 Å². The van der Waals surface area contributed by atoms with Crippen LogP contribution in [-0.4, -0.2) is 21.0 Å². The lowest BCUT2D eigenvalue weighted by Crippen LogP contribution is -2.09. The van der Waals surface area contributed by atoms with E-state index in [1.54, 1.807) is 18.3 Å². The molecule has 2 aromatic heterocycles. The van der Waals surface area contributed by atoms with Gasteiger partial charge in [-0.25, -0.2) is 14.8 Å². The van der Waals surface area contributed by atoms with Gasteiger partial charge < -0.3 is 10.4 Å². The summed E-state index contributed by atoms with van der Waals surface area (Å²) in [6.07, 6.45) is 1.54. The van der Waals surface area contributed by atoms with Gasteiger partial charge in [0.1, 0.15) is 11.1 Å². The predicted molar refractivity (Wildman–Crippen MR) is 70.1 cm³/mol. The molecule has 0 fully saturated rings. The normalized spacial score (nSPS) is 11.6. The smallest absolute Gasteiger partial charge is 0.355 e. The van der Waals surface area contributed by atoms with Crippen molar-refractivity contribution in [3.8, 4) is 6.07 Å². The Balaban J connectivity index is 2.18. The van der Waals surface area contributed by atoms with Crippen molar-refractivity contribution in [3.63, 3.8) is 0 Å². The number of nitrogens with zero attached hydrogens (tertiary/aromatic N) is 3. The molecule has 6 nitrogen and oxygen atoms in total. The molecule has 0 saturated carbocycles. The number of hydrogen-bond acceptors (Lipinski definition) is 6. The zero-order valence-corrected chi connectivity index (χ0v) is 10.8. The maximum absolute atomic E-state index is 10.8. The average molecular weight is 274 g/mol. The Morgan fingerprint density at radius 3 is 3.05 bits per heavy atom. The van der Waals surface area contributed by atoms with Gasteiger partial charge in [0.15, 0.2) is 11.4 Å². The summed E-state index contributed by atoms with van der Waals surface area (Å²) in [4.78, 5) is 18.7. The summed E-state index contributed by atoms with van der Waals surface area (Å²) >= 11 is 1.26. The number of aromatic nitrogens is 2. The summed E-state index contributed by atoms with van der Waals surface area (Å²) in [5.41, 5.74) is 0.925. The van der Waals surface area contributed by atoms with Crippen molar-refractivity contribution < 1.29 is 9.90 Å². The number of rotatable bonds is 4. The SMILES string of the molecule is CC(Nc1cccnc1C#N)c1nc(C(=O)O)cs1. The van der Waals surface area contributed by atoms with Crippen LogP contribution in [0.5, 0.6) is 0 Å². The molecule has 1 unspecified atom stereocenters. The molecule has 19 heavy (non-hydrogen) atoms. The highest BCUT2D eigenvalue weighted by Crippen LogP contribution is 2.23. The van der Waals surface area contributed by atoms with Crippen LogP contribution < -0.4 is 5.32 Å². The van der Waals surface area contributed by atoms with Gasteiger partial charge in [-0.15, -0.1) is 11.3 Å². The Kier molecular flexibility index (Phi) is 3.73. The first-order valence-electron chi connectivity index (χ1n) is 5.42. The van der Waals surface area contributed by atoms with E-state index in [2.05, 4.69) is 15.3 Å². The van der Waals surface area contributed by atoms with E-state index in [0.717, 1.165) is 0 Å². The third-order valence-corrected chi connectivity index (χ3v) is 3.42. The lowest BCUT2D eigenvalue weighted by atomic mass is 10.2. The van der Waals surface area contributed by atoms with Crippen molar-refractivity contribution >= 4 is 23.0 Å². The molecule has 0 saturated heterocycles. The number of nitrogens with one attached hydrogen (secondary N) is 1. The van der Waals surface area contributed by atoms with Crippen molar-refractivity contribution in [1.82, 2.24) is 9.97 Å². The average Bonchev–Trinajstić information content (AvgIpc) is 2.89. The van der Waals surface area contributed by atoms with Gasteiger partial charge in [0, 0.05) is 11.6 Å². The molecule has 2 aromatic rings. The summed E-state index contributed by atoms with van der Waals surface area (Å²) < 4.78 is 0. The first-order valence-corrected chi connectivity index (χ1v) is 6.30. The third kappa shape index (κ3) is 2.86. The van der Waals surface area contributed by atoms with Gasteiger partial charge >= 0.3 is 5.97 Å². The zero-order valence-electron chi connectivity index (χ0n) is 9.99. The summed E-state index contributed by atoms with van der Waals surface area (Å²) in [5, 5.41) is 23.0. The van der Waals surface area contributed by atoms with Crippen LogP contribution in [0, 0.1) is 11.3 Å². The fourth-order valence-corrected chi connectivity index (χ4v) is 2.29. The van der Waals surface area contributed by atoms with Crippen LogP contribution in [-0.2, 0) is 0 Å². The molecule has 0 amide bonds. The Bertz CT molecular complexity index is 647. The Hall–Kier alpha value is -2.46. The predicted octanol–water partition coefficient (Wildman–Crippen LogP) is 2.28.